The van der Waals surface area contributed by atoms with Gasteiger partial charge in [-0.05, 0) is 6.42 Å². The van der Waals surface area contributed by atoms with E-state index in [0.29, 0.717) is 32.8 Å². The highest BCUT2D eigenvalue weighted by molar-refractivity contribution is 5.67. The summed E-state index contributed by atoms with van der Waals surface area (Å²) in [5, 5.41) is 0. The third-order valence-corrected chi connectivity index (χ3v) is 1.78. The lowest BCUT2D eigenvalue weighted by molar-refractivity contribution is 0.103. The van der Waals surface area contributed by atoms with Gasteiger partial charge in [-0.15, -0.1) is 0 Å². The number of hydrogen-bond acceptors (Lipinski definition) is 4. The number of nitrogens with zero attached hydrogens (tertiary/aromatic N) is 1. The van der Waals surface area contributed by atoms with Gasteiger partial charge in [0.2, 0.25) is 0 Å². The van der Waals surface area contributed by atoms with Crippen molar-refractivity contribution in [1.82, 2.24) is 4.90 Å². The standard InChI is InChI=1S/C9H21N3O2/c1-2-3-8-14-9(13)12(6-4-10)7-5-11/h2-8,10-11H2,1H3. The molecule has 0 spiro atoms. The van der Waals surface area contributed by atoms with E-state index in [1.165, 1.54) is 4.90 Å². The normalized spacial score (nSPS) is 9.93. The van der Waals surface area contributed by atoms with Gasteiger partial charge < -0.3 is 21.1 Å². The van der Waals surface area contributed by atoms with Crippen LogP contribution in [0.1, 0.15) is 19.8 Å². The van der Waals surface area contributed by atoms with Crippen molar-refractivity contribution in [2.24, 2.45) is 11.5 Å². The molecule has 0 fully saturated rings. The molecule has 0 unspecified atom stereocenters. The molecule has 0 aromatic heterocycles. The van der Waals surface area contributed by atoms with Crippen molar-refractivity contribution in [2.75, 3.05) is 32.8 Å². The van der Waals surface area contributed by atoms with E-state index >= 15 is 0 Å². The lowest BCUT2D eigenvalue weighted by atomic mass is 10.4. The van der Waals surface area contributed by atoms with Crippen LogP contribution in [0.2, 0.25) is 0 Å². The van der Waals surface area contributed by atoms with Crippen LogP contribution in [0.15, 0.2) is 0 Å². The molecule has 0 rings (SSSR count). The Hall–Kier alpha value is -0.810. The second kappa shape index (κ2) is 8.77. The van der Waals surface area contributed by atoms with E-state index in [4.69, 9.17) is 16.2 Å². The molecule has 0 radical (unpaired) electrons. The summed E-state index contributed by atoms with van der Waals surface area (Å²) >= 11 is 0. The summed E-state index contributed by atoms with van der Waals surface area (Å²) in [6.45, 7) is 4.39. The minimum Gasteiger partial charge on any atom is -0.449 e. The SMILES string of the molecule is CCCCOC(=O)N(CCN)CCN. The van der Waals surface area contributed by atoms with E-state index in [1.54, 1.807) is 0 Å². The van der Waals surface area contributed by atoms with Crippen molar-refractivity contribution >= 4 is 6.09 Å². The first-order valence-electron chi connectivity index (χ1n) is 5.08. The van der Waals surface area contributed by atoms with Gasteiger partial charge in [0.05, 0.1) is 6.61 Å². The van der Waals surface area contributed by atoms with Gasteiger partial charge in [0.15, 0.2) is 0 Å². The first-order chi connectivity index (χ1) is 6.76. The number of rotatable bonds is 7. The summed E-state index contributed by atoms with van der Waals surface area (Å²) in [6.07, 6.45) is 1.60. The minimum absolute atomic E-state index is 0.311. The van der Waals surface area contributed by atoms with E-state index in [9.17, 15) is 4.79 Å². The Bertz CT molecular complexity index is 147. The zero-order chi connectivity index (χ0) is 10.8. The highest BCUT2D eigenvalue weighted by Gasteiger charge is 2.12. The third-order valence-electron chi connectivity index (χ3n) is 1.78. The Morgan fingerprint density at radius 1 is 1.29 bits per heavy atom. The van der Waals surface area contributed by atoms with Crippen LogP contribution in [0.5, 0.6) is 0 Å². The van der Waals surface area contributed by atoms with Gasteiger partial charge in [-0.2, -0.15) is 0 Å². The van der Waals surface area contributed by atoms with Crippen LogP contribution >= 0.6 is 0 Å². The summed E-state index contributed by atoms with van der Waals surface area (Å²) in [5.74, 6) is 0. The second-order valence-corrected chi connectivity index (χ2v) is 3.03. The average molecular weight is 203 g/mol. The summed E-state index contributed by atoms with van der Waals surface area (Å²) in [4.78, 5) is 12.9. The summed E-state index contributed by atoms with van der Waals surface area (Å²) in [7, 11) is 0. The molecule has 0 heterocycles. The topological polar surface area (TPSA) is 81.6 Å². The van der Waals surface area contributed by atoms with Crippen molar-refractivity contribution in [2.45, 2.75) is 19.8 Å². The summed E-state index contributed by atoms with van der Waals surface area (Å²) in [6, 6.07) is 0. The van der Waals surface area contributed by atoms with Crippen molar-refractivity contribution in [3.8, 4) is 0 Å². The largest absolute Gasteiger partial charge is 0.449 e. The Morgan fingerprint density at radius 2 is 1.86 bits per heavy atom. The molecule has 0 saturated heterocycles. The molecular weight excluding hydrogens is 182 g/mol. The van der Waals surface area contributed by atoms with Gasteiger partial charge >= 0.3 is 6.09 Å². The lowest BCUT2D eigenvalue weighted by Gasteiger charge is -2.20. The highest BCUT2D eigenvalue weighted by Crippen LogP contribution is 1.95. The van der Waals surface area contributed by atoms with E-state index < -0.39 is 0 Å². The van der Waals surface area contributed by atoms with Crippen LogP contribution < -0.4 is 11.5 Å². The molecule has 14 heavy (non-hydrogen) atoms. The molecular formula is C9H21N3O2. The van der Waals surface area contributed by atoms with Crippen molar-refractivity contribution in [1.29, 1.82) is 0 Å². The van der Waals surface area contributed by atoms with E-state index in [0.717, 1.165) is 12.8 Å². The number of carbonyl (C=O) groups is 1. The van der Waals surface area contributed by atoms with Crippen LogP contribution in [0.25, 0.3) is 0 Å². The fourth-order valence-corrected chi connectivity index (χ4v) is 1.00. The van der Waals surface area contributed by atoms with Gasteiger partial charge in [0, 0.05) is 26.2 Å². The van der Waals surface area contributed by atoms with Crippen LogP contribution in [-0.2, 0) is 4.74 Å². The molecule has 0 saturated carbocycles. The molecule has 5 heteroatoms. The maximum atomic E-state index is 11.4. The van der Waals surface area contributed by atoms with Crippen molar-refractivity contribution in [3.63, 3.8) is 0 Å². The molecule has 84 valence electrons. The number of amides is 1. The predicted molar refractivity (Wildman–Crippen MR) is 55.9 cm³/mol. The average Bonchev–Trinajstić information content (AvgIpc) is 2.18. The first-order valence-corrected chi connectivity index (χ1v) is 5.08. The van der Waals surface area contributed by atoms with E-state index in [-0.39, 0.29) is 6.09 Å². The minimum atomic E-state index is -0.311. The van der Waals surface area contributed by atoms with Gasteiger partial charge in [-0.25, -0.2) is 4.79 Å². The van der Waals surface area contributed by atoms with Crippen LogP contribution in [0.4, 0.5) is 4.79 Å². The van der Waals surface area contributed by atoms with E-state index in [1.807, 2.05) is 6.92 Å². The molecule has 0 atom stereocenters. The van der Waals surface area contributed by atoms with E-state index in [2.05, 4.69) is 0 Å². The van der Waals surface area contributed by atoms with Crippen LogP contribution in [0.3, 0.4) is 0 Å². The number of carbonyl (C=O) groups excluding carboxylic acids is 1. The molecule has 0 aromatic rings. The number of ether oxygens (including phenoxy) is 1. The fraction of sp³-hybridized carbons (Fsp3) is 0.889. The van der Waals surface area contributed by atoms with Gasteiger partial charge in [-0.3, -0.25) is 0 Å². The molecule has 0 aliphatic heterocycles. The Labute approximate surface area is 85.4 Å². The van der Waals surface area contributed by atoms with Gasteiger partial charge in [-0.1, -0.05) is 13.3 Å². The molecule has 4 N–H and O–H groups in total. The monoisotopic (exact) mass is 203 g/mol. The Kier molecular flexibility index (Phi) is 8.27. The number of nitrogens with two attached hydrogens (primary N) is 2. The molecule has 0 aromatic carbocycles. The number of unbranched alkanes of at least 4 members (excludes halogenated alkanes) is 1. The lowest BCUT2D eigenvalue weighted by Crippen LogP contribution is -2.39. The molecule has 1 amide bonds. The Morgan fingerprint density at radius 3 is 2.29 bits per heavy atom. The molecule has 0 aliphatic rings. The first kappa shape index (κ1) is 13.2. The van der Waals surface area contributed by atoms with Gasteiger partial charge in [0.1, 0.15) is 0 Å². The third kappa shape index (κ3) is 5.77. The van der Waals surface area contributed by atoms with Crippen molar-refractivity contribution in [3.05, 3.63) is 0 Å². The zero-order valence-electron chi connectivity index (χ0n) is 8.87. The highest BCUT2D eigenvalue weighted by atomic mass is 16.6. The smallest absolute Gasteiger partial charge is 0.409 e. The Balaban J connectivity index is 3.76. The van der Waals surface area contributed by atoms with Crippen molar-refractivity contribution < 1.29 is 9.53 Å². The second-order valence-electron chi connectivity index (χ2n) is 3.03. The fourth-order valence-electron chi connectivity index (χ4n) is 1.00. The molecule has 0 bridgehead atoms. The molecule has 5 nitrogen and oxygen atoms in total. The summed E-state index contributed by atoms with van der Waals surface area (Å²) < 4.78 is 5.03. The quantitative estimate of drug-likeness (QED) is 0.577. The summed E-state index contributed by atoms with van der Waals surface area (Å²) in [5.41, 5.74) is 10.7. The maximum absolute atomic E-state index is 11.4. The predicted octanol–water partition coefficient (Wildman–Crippen LogP) is 0.143. The molecule has 0 aliphatic carbocycles. The van der Waals surface area contributed by atoms with Crippen LogP contribution in [-0.4, -0.2) is 43.8 Å². The number of hydrogen-bond donors (Lipinski definition) is 2. The zero-order valence-corrected chi connectivity index (χ0v) is 8.87. The van der Waals surface area contributed by atoms with Crippen LogP contribution in [0, 0.1) is 0 Å². The maximum Gasteiger partial charge on any atom is 0.409 e. The van der Waals surface area contributed by atoms with Gasteiger partial charge in [0.25, 0.3) is 0 Å².